The zero-order valence-corrected chi connectivity index (χ0v) is 11.3. The quantitative estimate of drug-likeness (QED) is 0.516. The zero-order chi connectivity index (χ0) is 14.4. The van der Waals surface area contributed by atoms with Gasteiger partial charge in [0, 0.05) is 5.69 Å². The van der Waals surface area contributed by atoms with Crippen LogP contribution in [0.5, 0.6) is 5.75 Å². The third-order valence-corrected chi connectivity index (χ3v) is 2.92. The first kappa shape index (κ1) is 13.9. The van der Waals surface area contributed by atoms with E-state index in [2.05, 4.69) is 0 Å². The maximum absolute atomic E-state index is 11.9. The van der Waals surface area contributed by atoms with Crippen molar-refractivity contribution in [3.05, 3.63) is 59.7 Å². The molecule has 0 aliphatic rings. The number of carbonyl (C=O) groups is 1. The Kier molecular flexibility index (Phi) is 4.60. The van der Waals surface area contributed by atoms with Gasteiger partial charge in [0.2, 0.25) is 0 Å². The number of esters is 1. The van der Waals surface area contributed by atoms with Gasteiger partial charge in [0.05, 0.1) is 5.56 Å². The molecule has 2 rings (SSSR count). The van der Waals surface area contributed by atoms with Crippen LogP contribution in [-0.2, 0) is 4.74 Å². The summed E-state index contributed by atoms with van der Waals surface area (Å²) in [5.74, 6) is 0.371. The standard InChI is InChI=1S/C16H17NO3/c1-12-14(8-5-9-15(12)17)16(18)20-11-10-19-13-6-3-2-4-7-13/h2-9H,10-11,17H2,1H3. The minimum Gasteiger partial charge on any atom is -0.490 e. The number of anilines is 1. The number of hydrogen-bond donors (Lipinski definition) is 1. The molecule has 0 spiro atoms. The number of nitrogens with two attached hydrogens (primary N) is 1. The molecule has 2 aromatic carbocycles. The molecule has 4 nitrogen and oxygen atoms in total. The predicted molar refractivity (Wildman–Crippen MR) is 77.8 cm³/mol. The van der Waals surface area contributed by atoms with Gasteiger partial charge < -0.3 is 15.2 Å². The van der Waals surface area contributed by atoms with Crippen molar-refractivity contribution in [1.82, 2.24) is 0 Å². The molecule has 2 N–H and O–H groups in total. The molecule has 0 heterocycles. The number of carbonyl (C=O) groups excluding carboxylic acids is 1. The van der Waals surface area contributed by atoms with Gasteiger partial charge in [-0.2, -0.15) is 0 Å². The van der Waals surface area contributed by atoms with E-state index in [-0.39, 0.29) is 12.6 Å². The number of benzene rings is 2. The lowest BCUT2D eigenvalue weighted by Gasteiger charge is -2.09. The lowest BCUT2D eigenvalue weighted by Crippen LogP contribution is -2.13. The lowest BCUT2D eigenvalue weighted by atomic mass is 10.1. The van der Waals surface area contributed by atoms with Crippen molar-refractivity contribution < 1.29 is 14.3 Å². The molecule has 104 valence electrons. The van der Waals surface area contributed by atoms with Gasteiger partial charge in [-0.05, 0) is 36.8 Å². The van der Waals surface area contributed by atoms with Crippen molar-refractivity contribution in [1.29, 1.82) is 0 Å². The molecular weight excluding hydrogens is 254 g/mol. The van der Waals surface area contributed by atoms with Gasteiger partial charge in [0.15, 0.2) is 0 Å². The Morgan fingerprint density at radius 2 is 1.80 bits per heavy atom. The monoisotopic (exact) mass is 271 g/mol. The summed E-state index contributed by atoms with van der Waals surface area (Å²) in [6.07, 6.45) is 0. The molecule has 0 unspecified atom stereocenters. The number of para-hydroxylation sites is 1. The van der Waals surface area contributed by atoms with Crippen molar-refractivity contribution in [2.45, 2.75) is 6.92 Å². The summed E-state index contributed by atoms with van der Waals surface area (Å²) in [5, 5.41) is 0. The van der Waals surface area contributed by atoms with E-state index in [4.69, 9.17) is 15.2 Å². The molecule has 0 saturated carbocycles. The van der Waals surface area contributed by atoms with Crippen LogP contribution in [-0.4, -0.2) is 19.2 Å². The second kappa shape index (κ2) is 6.61. The highest BCUT2D eigenvalue weighted by Gasteiger charge is 2.11. The zero-order valence-electron chi connectivity index (χ0n) is 11.3. The fraction of sp³-hybridized carbons (Fsp3) is 0.188. The average molecular weight is 271 g/mol. The first-order valence-corrected chi connectivity index (χ1v) is 6.38. The molecular formula is C16H17NO3. The first-order valence-electron chi connectivity index (χ1n) is 6.38. The normalized spacial score (nSPS) is 10.1. The molecule has 0 radical (unpaired) electrons. The second-order valence-electron chi connectivity index (χ2n) is 4.32. The average Bonchev–Trinajstić information content (AvgIpc) is 2.47. The van der Waals surface area contributed by atoms with E-state index in [1.165, 1.54) is 0 Å². The van der Waals surface area contributed by atoms with Gasteiger partial charge in [-0.15, -0.1) is 0 Å². The summed E-state index contributed by atoms with van der Waals surface area (Å²) < 4.78 is 10.6. The van der Waals surface area contributed by atoms with Crippen molar-refractivity contribution in [2.75, 3.05) is 18.9 Å². The largest absolute Gasteiger partial charge is 0.490 e. The number of nitrogen functional groups attached to an aromatic ring is 1. The Balaban J connectivity index is 1.82. The van der Waals surface area contributed by atoms with Crippen molar-refractivity contribution >= 4 is 11.7 Å². The van der Waals surface area contributed by atoms with E-state index in [9.17, 15) is 4.79 Å². The van der Waals surface area contributed by atoms with Crippen molar-refractivity contribution in [2.24, 2.45) is 0 Å². The molecule has 0 fully saturated rings. The summed E-state index contributed by atoms with van der Waals surface area (Å²) >= 11 is 0. The minimum absolute atomic E-state index is 0.196. The fourth-order valence-electron chi connectivity index (χ4n) is 1.76. The molecule has 0 aromatic heterocycles. The van der Waals surface area contributed by atoms with Crippen molar-refractivity contribution in [3.63, 3.8) is 0 Å². The third kappa shape index (κ3) is 3.51. The molecule has 2 aromatic rings. The number of rotatable bonds is 5. The van der Waals surface area contributed by atoms with Crippen LogP contribution in [0.15, 0.2) is 48.5 Å². The third-order valence-electron chi connectivity index (χ3n) is 2.92. The Morgan fingerprint density at radius 3 is 2.55 bits per heavy atom. The van der Waals surface area contributed by atoms with Crippen LogP contribution < -0.4 is 10.5 Å². The van der Waals surface area contributed by atoms with Gasteiger partial charge in [-0.25, -0.2) is 4.79 Å². The van der Waals surface area contributed by atoms with Crippen molar-refractivity contribution in [3.8, 4) is 5.75 Å². The molecule has 4 heteroatoms. The lowest BCUT2D eigenvalue weighted by molar-refractivity contribution is 0.0449. The molecule has 20 heavy (non-hydrogen) atoms. The summed E-state index contributed by atoms with van der Waals surface area (Å²) in [5.41, 5.74) is 7.57. The van der Waals surface area contributed by atoms with Gasteiger partial charge in [0.25, 0.3) is 0 Å². The Morgan fingerprint density at radius 1 is 1.05 bits per heavy atom. The molecule has 0 amide bonds. The highest BCUT2D eigenvalue weighted by Crippen LogP contribution is 2.16. The number of hydrogen-bond acceptors (Lipinski definition) is 4. The summed E-state index contributed by atoms with van der Waals surface area (Å²) in [6, 6.07) is 14.6. The highest BCUT2D eigenvalue weighted by atomic mass is 16.6. The Hall–Kier alpha value is -2.49. The predicted octanol–water partition coefficient (Wildman–Crippen LogP) is 2.81. The van der Waals surface area contributed by atoms with Gasteiger partial charge >= 0.3 is 5.97 Å². The minimum atomic E-state index is -0.383. The van der Waals surface area contributed by atoms with Gasteiger partial charge in [0.1, 0.15) is 19.0 Å². The van der Waals surface area contributed by atoms with E-state index in [1.807, 2.05) is 30.3 Å². The molecule has 0 saturated heterocycles. The fourth-order valence-corrected chi connectivity index (χ4v) is 1.76. The molecule has 0 aliphatic heterocycles. The molecule has 0 aliphatic carbocycles. The topological polar surface area (TPSA) is 61.6 Å². The smallest absolute Gasteiger partial charge is 0.338 e. The second-order valence-corrected chi connectivity index (χ2v) is 4.32. The highest BCUT2D eigenvalue weighted by molar-refractivity contribution is 5.92. The SMILES string of the molecule is Cc1c(N)cccc1C(=O)OCCOc1ccccc1. The number of ether oxygens (including phenoxy) is 2. The van der Waals surface area contributed by atoms with Crippen LogP contribution in [0, 0.1) is 6.92 Å². The van der Waals surface area contributed by atoms with E-state index >= 15 is 0 Å². The van der Waals surface area contributed by atoms with Gasteiger partial charge in [-0.1, -0.05) is 24.3 Å². The van der Waals surface area contributed by atoms with Crippen LogP contribution in [0.1, 0.15) is 15.9 Å². The van der Waals surface area contributed by atoms with Crippen LogP contribution in [0.3, 0.4) is 0 Å². The Bertz CT molecular complexity index is 582. The van der Waals surface area contributed by atoms with Crippen LogP contribution in [0.25, 0.3) is 0 Å². The van der Waals surface area contributed by atoms with E-state index in [0.717, 1.165) is 11.3 Å². The Labute approximate surface area is 118 Å². The molecule has 0 bridgehead atoms. The van der Waals surface area contributed by atoms with E-state index in [1.54, 1.807) is 25.1 Å². The van der Waals surface area contributed by atoms with Crippen LogP contribution in [0.4, 0.5) is 5.69 Å². The van der Waals surface area contributed by atoms with Crippen LogP contribution >= 0.6 is 0 Å². The van der Waals surface area contributed by atoms with Crippen LogP contribution in [0.2, 0.25) is 0 Å². The summed E-state index contributed by atoms with van der Waals surface area (Å²) in [7, 11) is 0. The van der Waals surface area contributed by atoms with E-state index in [0.29, 0.717) is 17.9 Å². The van der Waals surface area contributed by atoms with Gasteiger partial charge in [-0.3, -0.25) is 0 Å². The maximum atomic E-state index is 11.9. The summed E-state index contributed by atoms with van der Waals surface area (Å²) in [6.45, 7) is 2.31. The molecule has 0 atom stereocenters. The maximum Gasteiger partial charge on any atom is 0.338 e. The van der Waals surface area contributed by atoms with E-state index < -0.39 is 0 Å². The first-order chi connectivity index (χ1) is 9.68. The summed E-state index contributed by atoms with van der Waals surface area (Å²) in [4.78, 5) is 11.9.